The minimum Gasteiger partial charge on any atom is -0.288 e. The molecule has 1 atom stereocenters. The molecule has 74 valence electrons. The molecule has 0 saturated carbocycles. The van der Waals surface area contributed by atoms with Crippen molar-refractivity contribution in [3.63, 3.8) is 0 Å². The summed E-state index contributed by atoms with van der Waals surface area (Å²) in [6.07, 6.45) is 0. The van der Waals surface area contributed by atoms with E-state index in [2.05, 4.69) is 21.0 Å². The number of para-hydroxylation sites is 1. The predicted octanol–water partition coefficient (Wildman–Crippen LogP) is 1.92. The van der Waals surface area contributed by atoms with Gasteiger partial charge in [0.15, 0.2) is 0 Å². The zero-order chi connectivity index (χ0) is 10.1. The fraction of sp³-hybridized carbons (Fsp3) is 0.125. The van der Waals surface area contributed by atoms with Crippen LogP contribution >= 0.6 is 15.9 Å². The molecule has 2 aromatic rings. The Labute approximate surface area is 91.5 Å². The van der Waals surface area contributed by atoms with Crippen LogP contribution in [0.1, 0.15) is 5.69 Å². The highest BCUT2D eigenvalue weighted by molar-refractivity contribution is 9.08. The Morgan fingerprint density at radius 2 is 2.21 bits per heavy atom. The van der Waals surface area contributed by atoms with Gasteiger partial charge in [-0.15, -0.1) is 0 Å². The Hall–Kier alpha value is -0.720. The molecule has 1 aromatic heterocycles. The molecule has 0 spiro atoms. The first-order chi connectivity index (χ1) is 6.74. The summed E-state index contributed by atoms with van der Waals surface area (Å²) in [6, 6.07) is 7.33. The van der Waals surface area contributed by atoms with Crippen molar-refractivity contribution in [1.82, 2.24) is 9.19 Å². The van der Waals surface area contributed by atoms with Crippen LogP contribution in [-0.2, 0) is 16.6 Å². The quantitative estimate of drug-likeness (QED) is 0.673. The maximum absolute atomic E-state index is 10.9. The maximum Gasteiger partial charge on any atom is 0.283 e. The average molecular weight is 275 g/mol. The van der Waals surface area contributed by atoms with Gasteiger partial charge in [-0.05, 0) is 6.07 Å². The monoisotopic (exact) mass is 274 g/mol. The van der Waals surface area contributed by atoms with Crippen LogP contribution in [0.15, 0.2) is 24.3 Å². The normalized spacial score (nSPS) is 13.3. The Morgan fingerprint density at radius 1 is 1.50 bits per heavy atom. The number of hydrogen-bond acceptors (Lipinski definition) is 2. The lowest BCUT2D eigenvalue weighted by molar-refractivity contribution is 0.549. The number of nitrogens with zero attached hydrogens (tertiary/aromatic N) is 2. The van der Waals surface area contributed by atoms with Gasteiger partial charge in [0.25, 0.3) is 11.3 Å². The van der Waals surface area contributed by atoms with Crippen molar-refractivity contribution < 1.29 is 8.76 Å². The Kier molecular flexibility index (Phi) is 2.66. The molecule has 1 aromatic carbocycles. The molecule has 6 heteroatoms. The van der Waals surface area contributed by atoms with Gasteiger partial charge in [0, 0.05) is 10.7 Å². The minimum absolute atomic E-state index is 0.567. The van der Waals surface area contributed by atoms with Gasteiger partial charge in [0.1, 0.15) is 0 Å². The number of hydrogen-bond donors (Lipinski definition) is 1. The van der Waals surface area contributed by atoms with Crippen molar-refractivity contribution in [2.45, 2.75) is 5.33 Å². The first kappa shape index (κ1) is 9.82. The highest BCUT2D eigenvalue weighted by atomic mass is 79.9. The van der Waals surface area contributed by atoms with Crippen LogP contribution in [0.5, 0.6) is 0 Å². The molecule has 1 unspecified atom stereocenters. The highest BCUT2D eigenvalue weighted by Gasteiger charge is 2.11. The standard InChI is InChI=1S/C8H7BrN2O2S/c9-5-7-6-3-1-2-4-8(6)11(10-7)14(12)13/h1-4H,5H2,(H,12,13). The molecule has 4 nitrogen and oxygen atoms in total. The van der Waals surface area contributed by atoms with Crippen molar-refractivity contribution in [3.05, 3.63) is 30.0 Å². The lowest BCUT2D eigenvalue weighted by atomic mass is 10.2. The summed E-state index contributed by atoms with van der Waals surface area (Å²) in [5.74, 6) is 0. The zero-order valence-corrected chi connectivity index (χ0v) is 9.46. The molecular formula is C8H7BrN2O2S. The van der Waals surface area contributed by atoms with Crippen LogP contribution in [0.2, 0.25) is 0 Å². The van der Waals surface area contributed by atoms with Crippen molar-refractivity contribution in [3.8, 4) is 0 Å². The third-order valence-corrected chi connectivity index (χ3v) is 3.01. The largest absolute Gasteiger partial charge is 0.288 e. The molecule has 0 aliphatic heterocycles. The summed E-state index contributed by atoms with van der Waals surface area (Å²) in [5.41, 5.74) is 1.44. The van der Waals surface area contributed by atoms with E-state index in [0.717, 1.165) is 15.2 Å². The number of halogens is 1. The van der Waals surface area contributed by atoms with E-state index in [1.54, 1.807) is 6.07 Å². The van der Waals surface area contributed by atoms with Crippen LogP contribution in [0, 0.1) is 0 Å². The fourth-order valence-electron chi connectivity index (χ4n) is 1.32. The second kappa shape index (κ2) is 3.80. The lowest BCUT2D eigenvalue weighted by Crippen LogP contribution is -2.04. The molecule has 0 amide bonds. The maximum atomic E-state index is 10.9. The van der Waals surface area contributed by atoms with E-state index in [1.165, 1.54) is 0 Å². The van der Waals surface area contributed by atoms with Crippen LogP contribution in [0.25, 0.3) is 10.9 Å². The SMILES string of the molecule is O=S(O)n1nc(CBr)c2ccccc21. The number of rotatable bonds is 2. The summed E-state index contributed by atoms with van der Waals surface area (Å²) in [7, 11) is 0. The van der Waals surface area contributed by atoms with E-state index in [-0.39, 0.29) is 0 Å². The van der Waals surface area contributed by atoms with Gasteiger partial charge in [-0.1, -0.05) is 34.1 Å². The molecule has 0 fully saturated rings. The number of alkyl halides is 1. The molecule has 0 aliphatic rings. The topological polar surface area (TPSA) is 55.1 Å². The van der Waals surface area contributed by atoms with Gasteiger partial charge < -0.3 is 0 Å². The van der Waals surface area contributed by atoms with Gasteiger partial charge >= 0.3 is 0 Å². The number of aromatic nitrogens is 2. The van der Waals surface area contributed by atoms with Crippen molar-refractivity contribution in [2.75, 3.05) is 0 Å². The lowest BCUT2D eigenvalue weighted by Gasteiger charge is -1.93. The van der Waals surface area contributed by atoms with E-state index >= 15 is 0 Å². The second-order valence-electron chi connectivity index (χ2n) is 2.70. The summed E-state index contributed by atoms with van der Waals surface area (Å²) in [5, 5.41) is 5.49. The van der Waals surface area contributed by atoms with Crippen molar-refractivity contribution in [1.29, 1.82) is 0 Å². The molecule has 0 bridgehead atoms. The van der Waals surface area contributed by atoms with Gasteiger partial charge in [0.05, 0.1) is 11.2 Å². The minimum atomic E-state index is -2.10. The third-order valence-electron chi connectivity index (χ3n) is 1.91. The van der Waals surface area contributed by atoms with Gasteiger partial charge in [-0.2, -0.15) is 9.19 Å². The summed E-state index contributed by atoms with van der Waals surface area (Å²) in [4.78, 5) is 0. The molecule has 1 heterocycles. The van der Waals surface area contributed by atoms with Gasteiger partial charge in [-0.25, -0.2) is 4.21 Å². The summed E-state index contributed by atoms with van der Waals surface area (Å²) < 4.78 is 21.0. The number of fused-ring (bicyclic) bond motifs is 1. The average Bonchev–Trinajstić information content (AvgIpc) is 2.56. The van der Waals surface area contributed by atoms with Crippen molar-refractivity contribution >= 4 is 38.1 Å². The highest BCUT2D eigenvalue weighted by Crippen LogP contribution is 2.20. The van der Waals surface area contributed by atoms with Gasteiger partial charge in [-0.3, -0.25) is 4.55 Å². The van der Waals surface area contributed by atoms with Crippen LogP contribution < -0.4 is 0 Å². The Balaban J connectivity index is 2.80. The molecule has 0 saturated heterocycles. The van der Waals surface area contributed by atoms with Gasteiger partial charge in [0.2, 0.25) is 0 Å². The molecule has 2 rings (SSSR count). The molecule has 14 heavy (non-hydrogen) atoms. The van der Waals surface area contributed by atoms with E-state index in [9.17, 15) is 4.21 Å². The zero-order valence-electron chi connectivity index (χ0n) is 7.05. The van der Waals surface area contributed by atoms with Crippen LogP contribution in [0.4, 0.5) is 0 Å². The Bertz CT molecular complexity index is 497. The second-order valence-corrected chi connectivity index (χ2v) is 4.07. The first-order valence-electron chi connectivity index (χ1n) is 3.88. The molecule has 0 radical (unpaired) electrons. The van der Waals surface area contributed by atoms with E-state index < -0.39 is 11.3 Å². The smallest absolute Gasteiger partial charge is 0.283 e. The van der Waals surface area contributed by atoms with Crippen LogP contribution in [-0.4, -0.2) is 17.9 Å². The molecule has 1 N–H and O–H groups in total. The Morgan fingerprint density at radius 3 is 2.86 bits per heavy atom. The fourth-order valence-corrected chi connectivity index (χ4v) is 2.23. The summed E-state index contributed by atoms with van der Waals surface area (Å²) >= 11 is 1.19. The number of benzene rings is 1. The van der Waals surface area contributed by atoms with E-state index in [0.29, 0.717) is 10.8 Å². The van der Waals surface area contributed by atoms with E-state index in [4.69, 9.17) is 4.55 Å². The third kappa shape index (κ3) is 1.49. The first-order valence-corrected chi connectivity index (χ1v) is 6.06. The summed E-state index contributed by atoms with van der Waals surface area (Å²) in [6.45, 7) is 0. The molecule has 0 aliphatic carbocycles. The van der Waals surface area contributed by atoms with Crippen molar-refractivity contribution in [2.24, 2.45) is 0 Å². The van der Waals surface area contributed by atoms with E-state index in [1.807, 2.05) is 18.2 Å². The predicted molar refractivity (Wildman–Crippen MR) is 58.5 cm³/mol. The molecular weight excluding hydrogens is 268 g/mol. The van der Waals surface area contributed by atoms with Crippen LogP contribution in [0.3, 0.4) is 0 Å².